The van der Waals surface area contributed by atoms with Gasteiger partial charge in [0.05, 0.1) is 38.8 Å². The highest BCUT2D eigenvalue weighted by Gasteiger charge is 2.39. The van der Waals surface area contributed by atoms with Crippen LogP contribution in [0.1, 0.15) is 48.5 Å². The first kappa shape index (κ1) is 26.0. The predicted molar refractivity (Wildman–Crippen MR) is 129 cm³/mol. The van der Waals surface area contributed by atoms with Gasteiger partial charge in [0, 0.05) is 6.61 Å². The van der Waals surface area contributed by atoms with Crippen molar-refractivity contribution < 1.29 is 28.6 Å². The summed E-state index contributed by atoms with van der Waals surface area (Å²) in [5.74, 6) is -1.05. The van der Waals surface area contributed by atoms with Gasteiger partial charge >= 0.3 is 17.9 Å². The minimum Gasteiger partial charge on any atom is -0.435 e. The SMILES string of the molecule is CCOCOC(=O)c1ccccc1Nc1c(Cl)ccc(C)c1Cl.O=C1OC(=O)C2CCCC1C2. The number of benzene rings is 2. The monoisotopic (exact) mass is 507 g/mol. The summed E-state index contributed by atoms with van der Waals surface area (Å²) in [6.45, 7) is 4.09. The van der Waals surface area contributed by atoms with Gasteiger partial charge in [-0.25, -0.2) is 4.79 Å². The Bertz CT molecular complexity index is 1040. The number of halogens is 2. The van der Waals surface area contributed by atoms with E-state index >= 15 is 0 Å². The molecule has 2 atom stereocenters. The maximum atomic E-state index is 12.2. The predicted octanol–water partition coefficient (Wildman–Crippen LogP) is 6.07. The van der Waals surface area contributed by atoms with Gasteiger partial charge < -0.3 is 19.5 Å². The van der Waals surface area contributed by atoms with Gasteiger partial charge in [0.2, 0.25) is 0 Å². The number of hydrogen-bond donors (Lipinski definition) is 1. The van der Waals surface area contributed by atoms with Crippen molar-refractivity contribution in [2.24, 2.45) is 11.8 Å². The number of para-hydroxylation sites is 1. The molecule has 1 N–H and O–H groups in total. The van der Waals surface area contributed by atoms with E-state index in [0.717, 1.165) is 31.2 Å². The number of aryl methyl sites for hydroxylation is 1. The van der Waals surface area contributed by atoms with Crippen LogP contribution in [0.2, 0.25) is 10.0 Å². The number of anilines is 2. The highest BCUT2D eigenvalue weighted by Crippen LogP contribution is 2.36. The maximum Gasteiger partial charge on any atom is 0.342 e. The van der Waals surface area contributed by atoms with E-state index < -0.39 is 5.97 Å². The van der Waals surface area contributed by atoms with Crippen LogP contribution in [0.3, 0.4) is 0 Å². The lowest BCUT2D eigenvalue weighted by Crippen LogP contribution is -2.37. The second-order valence-electron chi connectivity index (χ2n) is 8.07. The molecule has 0 radical (unpaired) electrons. The Balaban J connectivity index is 0.000000243. The molecule has 2 bridgehead atoms. The largest absolute Gasteiger partial charge is 0.435 e. The molecule has 1 aliphatic heterocycles. The molecule has 4 rings (SSSR count). The second kappa shape index (κ2) is 12.2. The lowest BCUT2D eigenvalue weighted by Gasteiger charge is -2.30. The summed E-state index contributed by atoms with van der Waals surface area (Å²) in [5.41, 5.74) is 2.37. The third-order valence-electron chi connectivity index (χ3n) is 5.71. The normalized spacial score (nSPS) is 18.9. The van der Waals surface area contributed by atoms with Crippen LogP contribution in [0.15, 0.2) is 36.4 Å². The van der Waals surface area contributed by atoms with Crippen LogP contribution in [-0.2, 0) is 23.8 Å². The Kier molecular flexibility index (Phi) is 9.33. The molecule has 7 nitrogen and oxygen atoms in total. The van der Waals surface area contributed by atoms with Crippen molar-refractivity contribution in [3.8, 4) is 0 Å². The van der Waals surface area contributed by atoms with E-state index in [9.17, 15) is 14.4 Å². The molecule has 2 aliphatic rings. The van der Waals surface area contributed by atoms with E-state index in [0.29, 0.717) is 33.6 Å². The number of nitrogens with one attached hydrogen (secondary N) is 1. The Labute approximate surface area is 208 Å². The topological polar surface area (TPSA) is 90.9 Å². The fourth-order valence-electron chi connectivity index (χ4n) is 3.82. The molecular formula is C25H27Cl2NO6. The number of esters is 3. The number of ether oxygens (including phenoxy) is 3. The summed E-state index contributed by atoms with van der Waals surface area (Å²) >= 11 is 12.5. The van der Waals surface area contributed by atoms with Crippen LogP contribution in [-0.4, -0.2) is 31.3 Å². The molecule has 182 valence electrons. The van der Waals surface area contributed by atoms with E-state index in [-0.39, 0.29) is 30.6 Å². The maximum absolute atomic E-state index is 12.2. The van der Waals surface area contributed by atoms with Crippen molar-refractivity contribution in [2.45, 2.75) is 39.5 Å². The summed E-state index contributed by atoms with van der Waals surface area (Å²) in [4.78, 5) is 34.1. The van der Waals surface area contributed by atoms with E-state index in [1.54, 1.807) is 30.3 Å². The van der Waals surface area contributed by atoms with Crippen LogP contribution in [0, 0.1) is 18.8 Å². The Morgan fingerprint density at radius 3 is 2.44 bits per heavy atom. The van der Waals surface area contributed by atoms with Crippen LogP contribution in [0.4, 0.5) is 11.4 Å². The molecule has 1 saturated carbocycles. The number of cyclic esters (lactones) is 2. The van der Waals surface area contributed by atoms with Gasteiger partial charge in [-0.15, -0.1) is 0 Å². The number of rotatable bonds is 6. The third kappa shape index (κ3) is 6.50. The second-order valence-corrected chi connectivity index (χ2v) is 8.85. The van der Waals surface area contributed by atoms with Gasteiger partial charge in [-0.1, -0.05) is 47.8 Å². The number of hydrogen-bond acceptors (Lipinski definition) is 7. The summed E-state index contributed by atoms with van der Waals surface area (Å²) in [6.07, 6.45) is 3.54. The molecule has 0 aromatic heterocycles. The van der Waals surface area contributed by atoms with Crippen molar-refractivity contribution in [1.29, 1.82) is 0 Å². The van der Waals surface area contributed by atoms with Gasteiger partial charge in [0.1, 0.15) is 0 Å². The van der Waals surface area contributed by atoms with Gasteiger partial charge in [-0.05, 0) is 56.9 Å². The number of carbonyl (C=O) groups is 3. The fraction of sp³-hybridized carbons (Fsp3) is 0.400. The summed E-state index contributed by atoms with van der Waals surface area (Å²) < 4.78 is 14.7. The van der Waals surface area contributed by atoms with Crippen LogP contribution >= 0.6 is 23.2 Å². The molecule has 1 aliphatic carbocycles. The Morgan fingerprint density at radius 1 is 1.09 bits per heavy atom. The van der Waals surface area contributed by atoms with E-state index in [4.69, 9.17) is 32.7 Å². The Hall–Kier alpha value is -2.61. The minimum absolute atomic E-state index is 0.0199. The first-order valence-corrected chi connectivity index (χ1v) is 11.9. The molecule has 0 spiro atoms. The molecule has 34 heavy (non-hydrogen) atoms. The lowest BCUT2D eigenvalue weighted by atomic mass is 9.80. The summed E-state index contributed by atoms with van der Waals surface area (Å²) in [7, 11) is 0. The van der Waals surface area contributed by atoms with Crippen molar-refractivity contribution >= 4 is 52.5 Å². The van der Waals surface area contributed by atoms with Gasteiger partial charge in [0.15, 0.2) is 6.79 Å². The van der Waals surface area contributed by atoms with Gasteiger partial charge in [0.25, 0.3) is 0 Å². The first-order valence-electron chi connectivity index (χ1n) is 11.1. The molecular weight excluding hydrogens is 481 g/mol. The van der Waals surface area contributed by atoms with Crippen molar-refractivity contribution in [1.82, 2.24) is 0 Å². The molecule has 2 aromatic carbocycles. The Morgan fingerprint density at radius 2 is 1.76 bits per heavy atom. The summed E-state index contributed by atoms with van der Waals surface area (Å²) in [5, 5.41) is 4.10. The van der Waals surface area contributed by atoms with Crippen molar-refractivity contribution in [2.75, 3.05) is 18.7 Å². The van der Waals surface area contributed by atoms with E-state index in [1.165, 1.54) is 0 Å². The first-order chi connectivity index (χ1) is 16.3. The molecule has 2 unspecified atom stereocenters. The van der Waals surface area contributed by atoms with E-state index in [1.807, 2.05) is 19.9 Å². The number of fused-ring (bicyclic) bond motifs is 2. The summed E-state index contributed by atoms with van der Waals surface area (Å²) in [6, 6.07) is 10.6. The van der Waals surface area contributed by atoms with Crippen LogP contribution < -0.4 is 5.32 Å². The average Bonchev–Trinajstić information content (AvgIpc) is 2.84. The van der Waals surface area contributed by atoms with Crippen LogP contribution in [0.5, 0.6) is 0 Å². The lowest BCUT2D eigenvalue weighted by molar-refractivity contribution is -0.174. The highest BCUT2D eigenvalue weighted by molar-refractivity contribution is 6.39. The molecule has 1 saturated heterocycles. The zero-order valence-corrected chi connectivity index (χ0v) is 20.6. The smallest absolute Gasteiger partial charge is 0.342 e. The highest BCUT2D eigenvalue weighted by atomic mass is 35.5. The zero-order chi connectivity index (χ0) is 24.7. The molecule has 0 amide bonds. The zero-order valence-electron chi connectivity index (χ0n) is 19.1. The standard InChI is InChI=1S/C17H17Cl2NO3.C8H10O3/c1-3-22-10-23-17(21)12-6-4-5-7-14(12)20-16-13(18)9-8-11(2)15(16)19;9-7-5-2-1-3-6(4-5)8(10)11-7/h4-9,20H,3,10H2,1-2H3;5-6H,1-4H2. The fourth-order valence-corrected chi connectivity index (χ4v) is 4.28. The molecule has 2 fully saturated rings. The quantitative estimate of drug-likeness (QED) is 0.219. The van der Waals surface area contributed by atoms with Crippen molar-refractivity contribution in [3.05, 3.63) is 57.6 Å². The van der Waals surface area contributed by atoms with Crippen molar-refractivity contribution in [3.63, 3.8) is 0 Å². The van der Waals surface area contributed by atoms with Crippen LogP contribution in [0.25, 0.3) is 0 Å². The minimum atomic E-state index is -0.485. The third-order valence-corrected chi connectivity index (χ3v) is 6.51. The van der Waals surface area contributed by atoms with Gasteiger partial charge in [-0.3, -0.25) is 9.59 Å². The molecule has 2 aromatic rings. The number of carbonyl (C=O) groups excluding carboxylic acids is 3. The average molecular weight is 508 g/mol. The molecule has 1 heterocycles. The van der Waals surface area contributed by atoms with E-state index in [2.05, 4.69) is 10.1 Å². The molecule has 9 heteroatoms. The van der Waals surface area contributed by atoms with Gasteiger partial charge in [-0.2, -0.15) is 0 Å².